The van der Waals surface area contributed by atoms with Gasteiger partial charge < -0.3 is 15.3 Å². The highest BCUT2D eigenvalue weighted by Gasteiger charge is 2.00. The van der Waals surface area contributed by atoms with Crippen LogP contribution in [0.25, 0.3) is 0 Å². The molecule has 0 atom stereocenters. The van der Waals surface area contributed by atoms with Gasteiger partial charge in [-0.1, -0.05) is 19.1 Å². The maximum atomic E-state index is 8.75. The molecule has 0 fully saturated rings. The Bertz CT molecular complexity index is 324. The van der Waals surface area contributed by atoms with E-state index in [9.17, 15) is 0 Å². The smallest absolute Gasteiger partial charge is 0.0431 e. The molecule has 2 N–H and O–H groups in total. The molecule has 0 saturated carbocycles. The zero-order chi connectivity index (χ0) is 13.9. The van der Waals surface area contributed by atoms with Crippen LogP contribution >= 0.6 is 0 Å². The molecule has 0 saturated heterocycles. The first-order valence-corrected chi connectivity index (χ1v) is 7.39. The Kier molecular flexibility index (Phi) is 8.26. The Morgan fingerprint density at radius 2 is 1.84 bits per heavy atom. The Morgan fingerprint density at radius 1 is 1.11 bits per heavy atom. The van der Waals surface area contributed by atoms with E-state index in [1.807, 2.05) is 0 Å². The van der Waals surface area contributed by atoms with Gasteiger partial charge in [0, 0.05) is 32.4 Å². The molecule has 0 aliphatic carbocycles. The number of hydrogen-bond acceptors (Lipinski definition) is 3. The van der Waals surface area contributed by atoms with Gasteiger partial charge in [0.05, 0.1) is 0 Å². The third-order valence-electron chi connectivity index (χ3n) is 3.28. The van der Waals surface area contributed by atoms with Crippen LogP contribution in [0.1, 0.15) is 38.2 Å². The van der Waals surface area contributed by atoms with E-state index in [1.54, 1.807) is 0 Å². The monoisotopic (exact) mass is 264 g/mol. The predicted molar refractivity (Wildman–Crippen MR) is 82.6 cm³/mol. The van der Waals surface area contributed by atoms with Gasteiger partial charge in [-0.05, 0) is 49.9 Å². The van der Waals surface area contributed by atoms with E-state index in [-0.39, 0.29) is 0 Å². The molecule has 0 aliphatic heterocycles. The van der Waals surface area contributed by atoms with Crippen LogP contribution in [0.5, 0.6) is 0 Å². The molecule has 0 unspecified atom stereocenters. The third-order valence-corrected chi connectivity index (χ3v) is 3.28. The molecule has 0 bridgehead atoms. The number of nitrogens with zero attached hydrogens (tertiary/aromatic N) is 1. The van der Waals surface area contributed by atoms with Crippen molar-refractivity contribution in [3.8, 4) is 0 Å². The lowest BCUT2D eigenvalue weighted by molar-refractivity contribution is 0.283. The van der Waals surface area contributed by atoms with Crippen molar-refractivity contribution in [3.63, 3.8) is 0 Å². The fourth-order valence-electron chi connectivity index (χ4n) is 2.04. The molecule has 19 heavy (non-hydrogen) atoms. The zero-order valence-corrected chi connectivity index (χ0v) is 12.4. The molecule has 0 heterocycles. The van der Waals surface area contributed by atoms with Gasteiger partial charge in [0.2, 0.25) is 0 Å². The van der Waals surface area contributed by atoms with E-state index in [2.05, 4.69) is 48.5 Å². The van der Waals surface area contributed by atoms with Crippen LogP contribution in [0.3, 0.4) is 0 Å². The minimum atomic E-state index is 0.309. The van der Waals surface area contributed by atoms with E-state index < -0.39 is 0 Å². The maximum absolute atomic E-state index is 8.75. The average molecular weight is 264 g/mol. The topological polar surface area (TPSA) is 35.5 Å². The van der Waals surface area contributed by atoms with E-state index in [1.165, 1.54) is 17.7 Å². The van der Waals surface area contributed by atoms with Crippen LogP contribution in [-0.4, -0.2) is 31.9 Å². The van der Waals surface area contributed by atoms with Gasteiger partial charge in [0.1, 0.15) is 0 Å². The molecule has 0 radical (unpaired) electrons. The Balaban J connectivity index is 2.33. The number of hydrogen-bond donors (Lipinski definition) is 2. The molecule has 0 aliphatic rings. The van der Waals surface area contributed by atoms with Crippen molar-refractivity contribution >= 4 is 5.69 Å². The first-order valence-electron chi connectivity index (χ1n) is 7.39. The number of nitrogens with one attached hydrogen (secondary N) is 1. The Labute approximate surface area is 117 Å². The van der Waals surface area contributed by atoms with Crippen LogP contribution in [0, 0.1) is 0 Å². The normalized spacial score (nSPS) is 10.7. The first-order chi connectivity index (χ1) is 9.27. The van der Waals surface area contributed by atoms with E-state index >= 15 is 0 Å². The van der Waals surface area contributed by atoms with Gasteiger partial charge in [-0.3, -0.25) is 0 Å². The molecular formula is C16H28N2O. The molecule has 1 aromatic carbocycles. The highest BCUT2D eigenvalue weighted by atomic mass is 16.2. The summed E-state index contributed by atoms with van der Waals surface area (Å²) in [5.74, 6) is 0. The standard InChI is InChI=1S/C16H28N2O/c1-3-11-17-14-15-7-9-16(10-8-15)18(2)12-5-4-6-13-19/h7-10,17,19H,3-6,11-14H2,1-2H3. The second-order valence-corrected chi connectivity index (χ2v) is 5.05. The summed E-state index contributed by atoms with van der Waals surface area (Å²) in [6.07, 6.45) is 4.32. The van der Waals surface area contributed by atoms with Crippen molar-refractivity contribution in [3.05, 3.63) is 29.8 Å². The number of anilines is 1. The molecule has 0 amide bonds. The van der Waals surface area contributed by atoms with Gasteiger partial charge in [0.15, 0.2) is 0 Å². The fraction of sp³-hybridized carbons (Fsp3) is 0.625. The fourth-order valence-corrected chi connectivity index (χ4v) is 2.04. The molecule has 0 aromatic heterocycles. The summed E-state index contributed by atoms with van der Waals surface area (Å²) in [6.45, 7) is 5.57. The summed E-state index contributed by atoms with van der Waals surface area (Å²) in [7, 11) is 2.13. The number of unbranched alkanes of at least 4 members (excludes halogenated alkanes) is 2. The van der Waals surface area contributed by atoms with Crippen LogP contribution in [-0.2, 0) is 6.54 Å². The lowest BCUT2D eigenvalue weighted by Crippen LogP contribution is -2.18. The summed E-state index contributed by atoms with van der Waals surface area (Å²) >= 11 is 0. The predicted octanol–water partition coefficient (Wildman–Crippen LogP) is 2.79. The van der Waals surface area contributed by atoms with E-state index in [0.29, 0.717) is 6.61 Å². The van der Waals surface area contributed by atoms with Gasteiger partial charge in [-0.15, -0.1) is 0 Å². The summed E-state index contributed by atoms with van der Waals surface area (Å²) in [5.41, 5.74) is 2.61. The van der Waals surface area contributed by atoms with Crippen LogP contribution in [0.15, 0.2) is 24.3 Å². The van der Waals surface area contributed by atoms with Crippen LogP contribution in [0.4, 0.5) is 5.69 Å². The summed E-state index contributed by atoms with van der Waals surface area (Å²) in [6, 6.07) is 8.77. The molecule has 0 spiro atoms. The van der Waals surface area contributed by atoms with Gasteiger partial charge in [-0.2, -0.15) is 0 Å². The van der Waals surface area contributed by atoms with Crippen molar-refractivity contribution in [1.82, 2.24) is 5.32 Å². The average Bonchev–Trinajstić information content (AvgIpc) is 2.44. The zero-order valence-electron chi connectivity index (χ0n) is 12.4. The van der Waals surface area contributed by atoms with Crippen LogP contribution < -0.4 is 10.2 Å². The Morgan fingerprint density at radius 3 is 2.47 bits per heavy atom. The lowest BCUT2D eigenvalue weighted by Gasteiger charge is -2.19. The second kappa shape index (κ2) is 9.82. The number of aliphatic hydroxyl groups is 1. The number of rotatable bonds is 10. The van der Waals surface area contributed by atoms with Gasteiger partial charge in [-0.25, -0.2) is 0 Å². The van der Waals surface area contributed by atoms with Gasteiger partial charge >= 0.3 is 0 Å². The molecule has 1 aromatic rings. The lowest BCUT2D eigenvalue weighted by atomic mass is 10.2. The molecular weight excluding hydrogens is 236 g/mol. The first kappa shape index (κ1) is 16.0. The van der Waals surface area contributed by atoms with E-state index in [4.69, 9.17) is 5.11 Å². The Hall–Kier alpha value is -1.06. The minimum absolute atomic E-state index is 0.309. The number of aliphatic hydroxyl groups excluding tert-OH is 1. The van der Waals surface area contributed by atoms with Gasteiger partial charge in [0.25, 0.3) is 0 Å². The number of benzene rings is 1. The third kappa shape index (κ3) is 6.60. The van der Waals surface area contributed by atoms with E-state index in [0.717, 1.165) is 38.9 Å². The van der Waals surface area contributed by atoms with Crippen molar-refractivity contribution in [2.45, 2.75) is 39.2 Å². The molecule has 1 rings (SSSR count). The summed E-state index contributed by atoms with van der Waals surface area (Å²) < 4.78 is 0. The quantitative estimate of drug-likeness (QED) is 0.638. The highest BCUT2D eigenvalue weighted by molar-refractivity contribution is 5.46. The summed E-state index contributed by atoms with van der Waals surface area (Å²) in [4.78, 5) is 2.28. The van der Waals surface area contributed by atoms with Crippen molar-refractivity contribution in [1.29, 1.82) is 0 Å². The second-order valence-electron chi connectivity index (χ2n) is 5.05. The SMILES string of the molecule is CCCNCc1ccc(N(C)CCCCCO)cc1. The maximum Gasteiger partial charge on any atom is 0.0431 e. The largest absolute Gasteiger partial charge is 0.396 e. The van der Waals surface area contributed by atoms with Crippen molar-refractivity contribution < 1.29 is 5.11 Å². The molecule has 108 valence electrons. The van der Waals surface area contributed by atoms with Crippen molar-refractivity contribution in [2.75, 3.05) is 31.6 Å². The molecule has 3 nitrogen and oxygen atoms in total. The molecule has 3 heteroatoms. The summed E-state index contributed by atoms with van der Waals surface area (Å²) in [5, 5.41) is 12.2. The minimum Gasteiger partial charge on any atom is -0.396 e. The van der Waals surface area contributed by atoms with Crippen molar-refractivity contribution in [2.24, 2.45) is 0 Å². The van der Waals surface area contributed by atoms with Crippen LogP contribution in [0.2, 0.25) is 0 Å². The highest BCUT2D eigenvalue weighted by Crippen LogP contribution is 2.14.